The fraction of sp³-hybridized carbons (Fsp3) is 1.00. The molecular weight excluding hydrogens is 1680 g/mol. The van der Waals surface area contributed by atoms with Crippen LogP contribution in [0.15, 0.2) is 0 Å². The molecule has 0 radical (unpaired) electrons. The summed E-state index contributed by atoms with van der Waals surface area (Å²) < 4.78 is 54.7. The fourth-order valence-electron chi connectivity index (χ4n) is 13.7. The van der Waals surface area contributed by atoms with Crippen LogP contribution in [0.4, 0.5) is 0 Å². The second-order valence-corrected chi connectivity index (χ2v) is 28.6. The first-order valence-corrected chi connectivity index (χ1v) is 36.8. The molecule has 60 heteroatoms. The molecule has 20 bridgehead atoms. The van der Waals surface area contributed by atoms with Gasteiger partial charge in [0.25, 0.3) is 0 Å². The largest absolute Gasteiger partial charge is 0.394 e. The number of aliphatic hydroxyl groups is 30. The van der Waals surface area contributed by atoms with Gasteiger partial charge in [-0.05, 0) is 0 Å². The Hall–Kier alpha value is -2.40. The highest BCUT2D eigenvalue weighted by Crippen LogP contribution is 2.39. The monoisotopic (exact) mass is 1780 g/mol. The van der Waals surface area contributed by atoms with E-state index in [4.69, 9.17) is 145 Å². The lowest BCUT2D eigenvalue weighted by Crippen LogP contribution is -2.64. The van der Waals surface area contributed by atoms with Crippen LogP contribution in [0, 0.1) is 0 Å². The Morgan fingerprint density at radius 1 is 0.108 bits per heavy atom. The van der Waals surface area contributed by atoms with Gasteiger partial charge in [-0.3, -0.25) is 0 Å². The minimum absolute atomic E-state index is 1.13. The number of aliphatic hydroxyl groups excluding tert-OH is 30. The lowest BCUT2D eigenvalue weighted by atomic mass is 9.99. The Morgan fingerprint density at radius 3 is 0.250 bits per heavy atom. The van der Waals surface area contributed by atoms with Gasteiger partial charge >= 0.3 is 0 Å². The topological polar surface area (TPSA) is 884 Å². The van der Waals surface area contributed by atoms with Gasteiger partial charge in [0.15, 0.2) is 0 Å². The highest BCUT2D eigenvalue weighted by molar-refractivity contribution is 4.99. The zero-order valence-corrected chi connectivity index (χ0v) is 61.6. The van der Waals surface area contributed by atoms with E-state index >= 15 is 0 Å². The Bertz CT molecular complexity index is 2350. The average molecular weight is 1780 g/mol. The normalized spacial score (nSPS) is 52.8. The minimum atomic E-state index is -2.30. The third kappa shape index (κ3) is 21.2. The SMILES string of the molecule is OCC1O[C@H]2OO[C@@H]3C(CO)O[C@H](OO[C@@H]4C(CO)O[C@H](OO[C@@H]5C(CO)O[C@H](OO[C@@H]6C(CO)O[C@H](OO[C@@H]7C(CO)O[C@H](OO[C@@H]8C(CO)O[C@H](OO[C@@H]9C(CO)O[C@H](OO[C@@H]%10C(CO)O[C@H](OO[C@@H]%11C(CO)O[C@H](OO[C@H]1C(O)C2O)C(O)C%11O)C(O)C%10O)C(O)C9O)C(O)C8O)C(O)C7O)C(O)C6O)C(O)C5O)C(O)C4O)C(O)C3O. The molecule has 0 amide bonds. The van der Waals surface area contributed by atoms with Gasteiger partial charge in [-0.25, -0.2) is 97.8 Å². The van der Waals surface area contributed by atoms with Gasteiger partial charge in [-0.15, -0.1) is 0 Å². The van der Waals surface area contributed by atoms with Crippen LogP contribution >= 0.6 is 0 Å². The van der Waals surface area contributed by atoms with E-state index in [0.29, 0.717) is 0 Å². The summed E-state index contributed by atoms with van der Waals surface area (Å²) in [7, 11) is 0. The van der Waals surface area contributed by atoms with E-state index in [-0.39, 0.29) is 0 Å². The predicted molar refractivity (Wildman–Crippen MR) is 337 cm³/mol. The molecule has 0 aromatic rings. The molecule has 0 spiro atoms. The molecule has 60 nitrogen and oxygen atoms in total. The van der Waals surface area contributed by atoms with Gasteiger partial charge < -0.3 is 201 Å². The third-order valence-electron chi connectivity index (χ3n) is 20.8. The first-order chi connectivity index (χ1) is 57.4. The standard InChI is InChI=1S/C60H100O60/c61-1-11-41-21(71)31(81)51(91-11)111-102-42-12(2-62)93-53(33(83)23(42)73)113-104-44-14(4-64)95-55(35(85)25(44)75)115-106-46-16(6-66)97-57(37(87)27(46)77)117-108-48-18(8-68)99-59(39(89)29(48)79)119-110-50-20(10-70)100-60(40(90)30(50)80)120-109-49-19(9-69)98-58(38(88)28(49)78)118-107-47-17(7-67)96-56(36(86)26(47)76)116-105-45-15(5-65)94-54(34(84)24(45)74)114-103-43-13(3-63)92-52(112-101-41)32(82)22(43)72/h11-90H,1-10H2/t11?,12?,13?,14?,15?,16?,17?,18?,19?,20?,21?,22?,23?,24?,25?,26?,27?,28?,29?,30?,31?,32?,33?,34?,35?,36?,37?,38?,39?,40?,41-,42-,43-,44-,45-,46-,47-,48-,49-,50-,51-,52-,53-,54-,55-,56-,57-,58-,59-,60+/m1/s1. The van der Waals surface area contributed by atoms with Crippen molar-refractivity contribution in [3.8, 4) is 0 Å². The summed E-state index contributed by atoms with van der Waals surface area (Å²) >= 11 is 0. The lowest BCUT2D eigenvalue weighted by Gasteiger charge is -2.45. The smallest absolute Gasteiger partial charge is 0.220 e. The van der Waals surface area contributed by atoms with Gasteiger partial charge in [0.05, 0.1) is 66.1 Å². The third-order valence-corrected chi connectivity index (χ3v) is 20.8. The van der Waals surface area contributed by atoms with Crippen LogP contribution in [-0.4, -0.2) is 526 Å². The van der Waals surface area contributed by atoms with E-state index in [1.54, 1.807) is 0 Å². The molecule has 0 aliphatic carbocycles. The van der Waals surface area contributed by atoms with Crippen LogP contribution in [0.25, 0.3) is 0 Å². The van der Waals surface area contributed by atoms with E-state index in [2.05, 4.69) is 0 Å². The zero-order chi connectivity index (χ0) is 87.2. The summed E-state index contributed by atoms with van der Waals surface area (Å²) in [5.41, 5.74) is 0. The van der Waals surface area contributed by atoms with Gasteiger partial charge in [-0.1, -0.05) is 0 Å². The molecule has 38 aliphatic heterocycles. The van der Waals surface area contributed by atoms with Gasteiger partial charge in [0, 0.05) is 0 Å². The highest BCUT2D eigenvalue weighted by atomic mass is 17.3. The summed E-state index contributed by atoms with van der Waals surface area (Å²) in [6.07, 6.45) is -106. The molecule has 30 unspecified atom stereocenters. The molecule has 120 heavy (non-hydrogen) atoms. The maximum atomic E-state index is 11.2. The molecular formula is C60H100O60. The van der Waals surface area contributed by atoms with E-state index in [0.717, 1.165) is 0 Å². The van der Waals surface area contributed by atoms with E-state index in [9.17, 15) is 153 Å². The first kappa shape index (κ1) is 98.2. The van der Waals surface area contributed by atoms with Crippen molar-refractivity contribution < 1.29 is 298 Å². The van der Waals surface area contributed by atoms with Crippen molar-refractivity contribution in [3.05, 3.63) is 0 Å². The zero-order valence-electron chi connectivity index (χ0n) is 61.6. The van der Waals surface area contributed by atoms with Crippen LogP contribution in [0.1, 0.15) is 0 Å². The van der Waals surface area contributed by atoms with Crippen molar-refractivity contribution in [2.75, 3.05) is 66.1 Å². The van der Waals surface area contributed by atoms with Crippen LogP contribution in [-0.2, 0) is 145 Å². The molecule has 38 heterocycles. The van der Waals surface area contributed by atoms with Crippen molar-refractivity contribution >= 4 is 0 Å². The maximum absolute atomic E-state index is 11.2. The molecule has 0 saturated carbocycles. The van der Waals surface area contributed by atoms with Crippen molar-refractivity contribution in [2.24, 2.45) is 0 Å². The molecule has 38 fully saturated rings. The molecule has 38 saturated heterocycles. The van der Waals surface area contributed by atoms with E-state index in [1.807, 2.05) is 0 Å². The molecule has 38 rings (SSSR count). The molecule has 30 N–H and O–H groups in total. The summed E-state index contributed by atoms with van der Waals surface area (Å²) in [6, 6.07) is 0. The lowest BCUT2D eigenvalue weighted by molar-refractivity contribution is -0.515. The Morgan fingerprint density at radius 2 is 0.183 bits per heavy atom. The van der Waals surface area contributed by atoms with Crippen molar-refractivity contribution in [1.29, 1.82) is 0 Å². The second kappa shape index (κ2) is 44.3. The number of hydrogen-bond donors (Lipinski definition) is 30. The minimum Gasteiger partial charge on any atom is -0.394 e. The summed E-state index contributed by atoms with van der Waals surface area (Å²) in [4.78, 5) is 103. The maximum Gasteiger partial charge on any atom is 0.220 e. The van der Waals surface area contributed by atoms with Crippen molar-refractivity contribution in [2.45, 2.75) is 307 Å². The van der Waals surface area contributed by atoms with Crippen LogP contribution in [0.2, 0.25) is 0 Å². The molecule has 0 aromatic carbocycles. The highest BCUT2D eigenvalue weighted by Gasteiger charge is 2.60. The summed E-state index contributed by atoms with van der Waals surface area (Å²) in [6.45, 7) is -11.3. The molecule has 0 aromatic heterocycles. The first-order valence-electron chi connectivity index (χ1n) is 36.8. The van der Waals surface area contributed by atoms with E-state index < -0.39 is 373 Å². The van der Waals surface area contributed by atoms with Gasteiger partial charge in [0.2, 0.25) is 62.9 Å². The summed E-state index contributed by atoms with van der Waals surface area (Å²) in [5, 5.41) is 326. The Kier molecular flexibility index (Phi) is 36.2. The van der Waals surface area contributed by atoms with Crippen LogP contribution in [0.3, 0.4) is 0 Å². The van der Waals surface area contributed by atoms with E-state index in [1.165, 1.54) is 0 Å². The van der Waals surface area contributed by atoms with Crippen LogP contribution < -0.4 is 0 Å². The van der Waals surface area contributed by atoms with Crippen molar-refractivity contribution in [3.63, 3.8) is 0 Å². The van der Waals surface area contributed by atoms with Crippen LogP contribution in [0.5, 0.6) is 0 Å². The van der Waals surface area contributed by atoms with Crippen molar-refractivity contribution in [1.82, 2.24) is 0 Å². The summed E-state index contributed by atoms with van der Waals surface area (Å²) in [5.74, 6) is 0. The predicted octanol–water partition coefficient (Wildman–Crippen LogP) is -22.4. The second-order valence-electron chi connectivity index (χ2n) is 28.6. The fourth-order valence-corrected chi connectivity index (χ4v) is 13.7. The average Bonchev–Trinajstić information content (AvgIpc) is 0.794. The molecule has 50 atom stereocenters. The van der Waals surface area contributed by atoms with Gasteiger partial charge in [-0.2, -0.15) is 0 Å². The Balaban J connectivity index is 0.749. The molecule has 38 aliphatic rings. The van der Waals surface area contributed by atoms with Gasteiger partial charge in [0.1, 0.15) is 244 Å². The number of ether oxygens (including phenoxy) is 10. The number of rotatable bonds is 10. The Labute approximate surface area is 670 Å². The number of hydrogen-bond acceptors (Lipinski definition) is 60. The quantitative estimate of drug-likeness (QED) is 0.0903. The molecule has 700 valence electrons.